The molecule has 0 spiro atoms. The van der Waals surface area contributed by atoms with E-state index in [0.29, 0.717) is 35.6 Å². The summed E-state index contributed by atoms with van der Waals surface area (Å²) in [5.74, 6) is -1.05. The lowest BCUT2D eigenvalue weighted by atomic mass is 10.0. The molecule has 0 amide bonds. The fraction of sp³-hybridized carbons (Fsp3) is 0.300. The number of aromatic carboxylic acids is 1. The van der Waals surface area contributed by atoms with Crippen LogP contribution in [0.1, 0.15) is 42.5 Å². The van der Waals surface area contributed by atoms with Crippen molar-refractivity contribution in [2.24, 2.45) is 0 Å². The van der Waals surface area contributed by atoms with E-state index in [-0.39, 0.29) is 10.8 Å². The highest BCUT2D eigenvalue weighted by Crippen LogP contribution is 2.26. The van der Waals surface area contributed by atoms with Crippen LogP contribution in [0.25, 0.3) is 17.1 Å². The SMILES string of the molecule is O=C(O)c1ccnc(-c2cn(-c3cccc(NS(=O)(=O)C4CCCCC4)c3)nn2)c1. The van der Waals surface area contributed by atoms with Crippen LogP contribution < -0.4 is 4.72 Å². The molecular weight excluding hydrogens is 406 g/mol. The quantitative estimate of drug-likeness (QED) is 0.619. The third-order valence-corrected chi connectivity index (χ3v) is 6.99. The van der Waals surface area contributed by atoms with Gasteiger partial charge in [-0.05, 0) is 43.2 Å². The van der Waals surface area contributed by atoms with Crippen LogP contribution in [0.2, 0.25) is 0 Å². The number of anilines is 1. The number of carboxylic acids is 1. The minimum Gasteiger partial charge on any atom is -0.478 e. The molecule has 2 N–H and O–H groups in total. The first-order valence-electron chi connectivity index (χ1n) is 9.66. The average molecular weight is 427 g/mol. The molecule has 0 bridgehead atoms. The number of nitrogens with zero attached hydrogens (tertiary/aromatic N) is 4. The molecule has 1 aromatic carbocycles. The molecule has 2 aromatic heterocycles. The van der Waals surface area contributed by atoms with Crippen molar-refractivity contribution in [3.63, 3.8) is 0 Å². The van der Waals surface area contributed by atoms with E-state index in [1.807, 2.05) is 0 Å². The molecule has 1 saturated carbocycles. The van der Waals surface area contributed by atoms with Gasteiger partial charge >= 0.3 is 5.97 Å². The maximum atomic E-state index is 12.7. The number of rotatable bonds is 6. The van der Waals surface area contributed by atoms with Crippen LogP contribution in [0, 0.1) is 0 Å². The summed E-state index contributed by atoms with van der Waals surface area (Å²) in [7, 11) is -3.45. The van der Waals surface area contributed by atoms with Crippen LogP contribution in [-0.2, 0) is 10.0 Å². The number of benzene rings is 1. The van der Waals surface area contributed by atoms with E-state index >= 15 is 0 Å². The van der Waals surface area contributed by atoms with E-state index in [1.165, 1.54) is 23.0 Å². The molecule has 0 aliphatic heterocycles. The minimum atomic E-state index is -3.45. The number of nitrogens with one attached hydrogen (secondary N) is 1. The zero-order valence-electron chi connectivity index (χ0n) is 16.1. The molecule has 1 fully saturated rings. The van der Waals surface area contributed by atoms with Crippen LogP contribution in [0.5, 0.6) is 0 Å². The number of sulfonamides is 1. The molecule has 0 saturated heterocycles. The second kappa shape index (κ2) is 8.23. The number of carbonyl (C=O) groups is 1. The fourth-order valence-electron chi connectivity index (χ4n) is 3.55. The Morgan fingerprint density at radius 1 is 1.10 bits per heavy atom. The monoisotopic (exact) mass is 427 g/mol. The maximum Gasteiger partial charge on any atom is 0.335 e. The summed E-state index contributed by atoms with van der Waals surface area (Å²) < 4.78 is 29.5. The summed E-state index contributed by atoms with van der Waals surface area (Å²) in [4.78, 5) is 15.3. The Morgan fingerprint density at radius 3 is 2.67 bits per heavy atom. The lowest BCUT2D eigenvalue weighted by Gasteiger charge is -2.22. The molecule has 3 aromatic rings. The number of hydrogen-bond donors (Lipinski definition) is 2. The van der Waals surface area contributed by atoms with Gasteiger partial charge < -0.3 is 5.11 Å². The highest BCUT2D eigenvalue weighted by Gasteiger charge is 2.27. The van der Waals surface area contributed by atoms with Crippen LogP contribution in [0.15, 0.2) is 48.8 Å². The van der Waals surface area contributed by atoms with E-state index in [1.54, 1.807) is 30.5 Å². The van der Waals surface area contributed by atoms with Crippen molar-refractivity contribution in [2.45, 2.75) is 37.4 Å². The lowest BCUT2D eigenvalue weighted by Crippen LogP contribution is -2.29. The normalized spacial score (nSPS) is 15.1. The van der Waals surface area contributed by atoms with Crippen LogP contribution >= 0.6 is 0 Å². The van der Waals surface area contributed by atoms with Crippen molar-refractivity contribution in [1.29, 1.82) is 0 Å². The predicted molar refractivity (Wildman–Crippen MR) is 111 cm³/mol. The molecular formula is C20H21N5O4S. The van der Waals surface area contributed by atoms with Gasteiger partial charge in [-0.15, -0.1) is 5.10 Å². The van der Waals surface area contributed by atoms with Gasteiger partial charge in [-0.1, -0.05) is 30.5 Å². The maximum absolute atomic E-state index is 12.7. The van der Waals surface area contributed by atoms with Gasteiger partial charge in [0.15, 0.2) is 0 Å². The fourth-order valence-corrected chi connectivity index (χ4v) is 5.12. The van der Waals surface area contributed by atoms with Gasteiger partial charge in [0, 0.05) is 6.20 Å². The molecule has 10 heteroatoms. The topological polar surface area (TPSA) is 127 Å². The molecule has 9 nitrogen and oxygen atoms in total. The highest BCUT2D eigenvalue weighted by atomic mass is 32.2. The Bertz CT molecular complexity index is 1170. The molecule has 1 aliphatic rings. The highest BCUT2D eigenvalue weighted by molar-refractivity contribution is 7.93. The molecule has 156 valence electrons. The largest absolute Gasteiger partial charge is 0.478 e. The van der Waals surface area contributed by atoms with Crippen LogP contribution in [0.3, 0.4) is 0 Å². The summed E-state index contributed by atoms with van der Waals surface area (Å²) in [5.41, 5.74) is 1.98. The van der Waals surface area contributed by atoms with E-state index in [4.69, 9.17) is 5.11 Å². The Morgan fingerprint density at radius 2 is 1.90 bits per heavy atom. The lowest BCUT2D eigenvalue weighted by molar-refractivity contribution is 0.0696. The van der Waals surface area contributed by atoms with Gasteiger partial charge in [-0.25, -0.2) is 17.9 Å². The summed E-state index contributed by atoms with van der Waals surface area (Å²) in [5, 5.41) is 16.9. The van der Waals surface area contributed by atoms with E-state index < -0.39 is 16.0 Å². The first-order chi connectivity index (χ1) is 14.4. The van der Waals surface area contributed by atoms with E-state index in [9.17, 15) is 13.2 Å². The second-order valence-corrected chi connectivity index (χ2v) is 9.20. The van der Waals surface area contributed by atoms with Crippen molar-refractivity contribution in [1.82, 2.24) is 20.0 Å². The zero-order chi connectivity index (χ0) is 21.1. The zero-order valence-corrected chi connectivity index (χ0v) is 16.9. The van der Waals surface area contributed by atoms with E-state index in [2.05, 4.69) is 20.0 Å². The van der Waals surface area contributed by atoms with Crippen molar-refractivity contribution in [2.75, 3.05) is 4.72 Å². The predicted octanol–water partition coefficient (Wildman–Crippen LogP) is 3.10. The van der Waals surface area contributed by atoms with Crippen LogP contribution in [0.4, 0.5) is 5.69 Å². The van der Waals surface area contributed by atoms with Crippen molar-refractivity contribution < 1.29 is 18.3 Å². The standard InChI is InChI=1S/C20H21N5O4S/c26-20(27)14-9-10-21-18(11-14)19-13-25(24-22-19)16-6-4-5-15(12-16)23-30(28,29)17-7-2-1-3-8-17/h4-6,9-13,17,23H,1-3,7-8H2,(H,26,27). The Hall–Kier alpha value is -3.27. The molecule has 30 heavy (non-hydrogen) atoms. The summed E-state index contributed by atoms with van der Waals surface area (Å²) in [6.07, 6.45) is 7.34. The Balaban J connectivity index is 1.56. The van der Waals surface area contributed by atoms with Gasteiger partial charge in [0.25, 0.3) is 0 Å². The number of pyridine rings is 1. The molecule has 0 radical (unpaired) electrons. The smallest absolute Gasteiger partial charge is 0.335 e. The molecule has 0 unspecified atom stereocenters. The molecule has 2 heterocycles. The second-order valence-electron chi connectivity index (χ2n) is 7.24. The third-order valence-electron chi connectivity index (χ3n) is 5.12. The number of aromatic nitrogens is 4. The van der Waals surface area contributed by atoms with Crippen molar-refractivity contribution in [3.8, 4) is 17.1 Å². The number of hydrogen-bond acceptors (Lipinski definition) is 6. The van der Waals surface area contributed by atoms with Gasteiger partial charge in [0.1, 0.15) is 5.69 Å². The summed E-state index contributed by atoms with van der Waals surface area (Å²) in [6, 6.07) is 9.71. The molecule has 0 atom stereocenters. The third kappa shape index (κ3) is 4.33. The molecule has 1 aliphatic carbocycles. The molecule has 4 rings (SSSR count). The number of carboxylic acid groups (broad SMARTS) is 1. The van der Waals surface area contributed by atoms with Crippen LogP contribution in [-0.4, -0.2) is 44.7 Å². The van der Waals surface area contributed by atoms with Gasteiger partial charge in [0.05, 0.1) is 34.1 Å². The van der Waals surface area contributed by atoms with Crippen molar-refractivity contribution >= 4 is 21.7 Å². The average Bonchev–Trinajstić information content (AvgIpc) is 3.25. The van der Waals surface area contributed by atoms with Crippen molar-refractivity contribution in [3.05, 3.63) is 54.4 Å². The Labute approximate surface area is 173 Å². The summed E-state index contributed by atoms with van der Waals surface area (Å²) in [6.45, 7) is 0. The van der Waals surface area contributed by atoms with E-state index in [0.717, 1.165) is 19.3 Å². The first kappa shape index (κ1) is 20.0. The Kier molecular flexibility index (Phi) is 5.49. The summed E-state index contributed by atoms with van der Waals surface area (Å²) >= 11 is 0. The van der Waals surface area contributed by atoms with Gasteiger partial charge in [0.2, 0.25) is 10.0 Å². The van der Waals surface area contributed by atoms with Gasteiger partial charge in [-0.3, -0.25) is 9.71 Å². The minimum absolute atomic E-state index is 0.105. The van der Waals surface area contributed by atoms with Gasteiger partial charge in [-0.2, -0.15) is 0 Å². The first-order valence-corrected chi connectivity index (χ1v) is 11.2.